The number of rotatable bonds is 4. The van der Waals surface area contributed by atoms with Crippen molar-refractivity contribution in [3.05, 3.63) is 0 Å². The molecule has 0 aromatic heterocycles. The summed E-state index contributed by atoms with van der Waals surface area (Å²) in [6.45, 7) is 5.28. The van der Waals surface area contributed by atoms with E-state index in [1.54, 1.807) is 21.0 Å². The van der Waals surface area contributed by atoms with Crippen LogP contribution < -0.4 is 0 Å². The molecule has 14 heavy (non-hydrogen) atoms. The van der Waals surface area contributed by atoms with Gasteiger partial charge in [-0.05, 0) is 20.3 Å². The molecule has 1 N–H and O–H groups in total. The van der Waals surface area contributed by atoms with Gasteiger partial charge in [0.05, 0.1) is 6.10 Å². The van der Waals surface area contributed by atoms with Crippen LogP contribution >= 0.6 is 0 Å². The van der Waals surface area contributed by atoms with E-state index >= 15 is 0 Å². The molecule has 84 valence electrons. The van der Waals surface area contributed by atoms with E-state index in [-0.39, 0.29) is 18.5 Å². The van der Waals surface area contributed by atoms with Gasteiger partial charge in [-0.15, -0.1) is 0 Å². The summed E-state index contributed by atoms with van der Waals surface area (Å²) in [7, 11) is 1.59. The van der Waals surface area contributed by atoms with Crippen LogP contribution in [0, 0.1) is 0 Å². The molecule has 1 heterocycles. The van der Waals surface area contributed by atoms with E-state index in [1.165, 1.54) is 0 Å². The van der Waals surface area contributed by atoms with Crippen molar-refractivity contribution in [1.82, 2.24) is 0 Å². The fourth-order valence-electron chi connectivity index (χ4n) is 1.65. The molecule has 4 heteroatoms. The molecule has 4 nitrogen and oxygen atoms in total. The smallest absolute Gasteiger partial charge is 0.183 e. The third-order valence-electron chi connectivity index (χ3n) is 2.25. The molecule has 1 saturated heterocycles. The quantitative estimate of drug-likeness (QED) is 0.701. The lowest BCUT2D eigenvalue weighted by Crippen LogP contribution is -2.35. The summed E-state index contributed by atoms with van der Waals surface area (Å²) >= 11 is 0. The van der Waals surface area contributed by atoms with Crippen molar-refractivity contribution in [3.63, 3.8) is 0 Å². The maximum atomic E-state index is 9.52. The topological polar surface area (TPSA) is 47.9 Å². The summed E-state index contributed by atoms with van der Waals surface area (Å²) in [6, 6.07) is 0. The summed E-state index contributed by atoms with van der Waals surface area (Å²) in [5.74, 6) is -1.13. The van der Waals surface area contributed by atoms with Crippen molar-refractivity contribution < 1.29 is 19.3 Å². The molecule has 0 amide bonds. The largest absolute Gasteiger partial charge is 0.366 e. The molecular formula is C10H20O4. The van der Waals surface area contributed by atoms with Gasteiger partial charge in [-0.3, -0.25) is 0 Å². The van der Waals surface area contributed by atoms with Crippen molar-refractivity contribution >= 4 is 0 Å². The second-order valence-electron chi connectivity index (χ2n) is 4.11. The van der Waals surface area contributed by atoms with Crippen LogP contribution in [0.4, 0.5) is 0 Å². The Balaban J connectivity index is 2.51. The zero-order valence-electron chi connectivity index (χ0n) is 9.32. The van der Waals surface area contributed by atoms with Crippen LogP contribution in [0.15, 0.2) is 0 Å². The number of aliphatic hydroxyl groups is 1. The van der Waals surface area contributed by atoms with Crippen LogP contribution in [-0.2, 0) is 14.2 Å². The fourth-order valence-corrected chi connectivity index (χ4v) is 1.65. The Morgan fingerprint density at radius 1 is 1.50 bits per heavy atom. The van der Waals surface area contributed by atoms with Crippen molar-refractivity contribution in [1.29, 1.82) is 0 Å². The summed E-state index contributed by atoms with van der Waals surface area (Å²) in [6.07, 6.45) is 1.36. The zero-order chi connectivity index (χ0) is 10.8. The van der Waals surface area contributed by atoms with Crippen LogP contribution in [0.2, 0.25) is 0 Å². The summed E-state index contributed by atoms with van der Waals surface area (Å²) in [5, 5.41) is 9.52. The Bertz CT molecular complexity index is 175. The van der Waals surface area contributed by atoms with Crippen molar-refractivity contribution in [2.75, 3.05) is 7.11 Å². The van der Waals surface area contributed by atoms with E-state index in [1.807, 2.05) is 0 Å². The van der Waals surface area contributed by atoms with Crippen molar-refractivity contribution in [2.45, 2.75) is 57.9 Å². The molecule has 1 aliphatic rings. The molecule has 0 spiro atoms. The molecular weight excluding hydrogens is 184 g/mol. The minimum Gasteiger partial charge on any atom is -0.366 e. The highest BCUT2D eigenvalue weighted by Gasteiger charge is 2.38. The number of hydrogen-bond donors (Lipinski definition) is 1. The van der Waals surface area contributed by atoms with Gasteiger partial charge in [-0.1, -0.05) is 6.92 Å². The van der Waals surface area contributed by atoms with Gasteiger partial charge in [0.15, 0.2) is 12.1 Å². The number of methoxy groups -OCH3 is 1. The van der Waals surface area contributed by atoms with Crippen LogP contribution in [-0.4, -0.2) is 36.5 Å². The molecule has 0 aromatic carbocycles. The Kier molecular flexibility index (Phi) is 3.89. The van der Waals surface area contributed by atoms with Crippen molar-refractivity contribution in [2.24, 2.45) is 0 Å². The first-order valence-corrected chi connectivity index (χ1v) is 5.04. The normalized spacial score (nSPS) is 33.6. The molecule has 0 saturated carbocycles. The maximum Gasteiger partial charge on any atom is 0.183 e. The van der Waals surface area contributed by atoms with Gasteiger partial charge in [0, 0.05) is 13.5 Å². The van der Waals surface area contributed by atoms with E-state index in [4.69, 9.17) is 14.2 Å². The van der Waals surface area contributed by atoms with Crippen LogP contribution in [0.3, 0.4) is 0 Å². The first-order chi connectivity index (χ1) is 6.46. The van der Waals surface area contributed by atoms with Crippen molar-refractivity contribution in [3.8, 4) is 0 Å². The SMILES string of the molecule is CCC1CC(OC(C)(C)O)C(OC)O1. The van der Waals surface area contributed by atoms with Gasteiger partial charge < -0.3 is 19.3 Å². The Morgan fingerprint density at radius 2 is 2.14 bits per heavy atom. The third kappa shape index (κ3) is 3.20. The average molecular weight is 204 g/mol. The lowest BCUT2D eigenvalue weighted by Gasteiger charge is -2.25. The molecule has 0 aromatic rings. The lowest BCUT2D eigenvalue weighted by atomic mass is 10.1. The first-order valence-electron chi connectivity index (χ1n) is 5.04. The summed E-state index contributed by atoms with van der Waals surface area (Å²) in [4.78, 5) is 0. The van der Waals surface area contributed by atoms with Gasteiger partial charge in [0.1, 0.15) is 6.10 Å². The highest BCUT2D eigenvalue weighted by Crippen LogP contribution is 2.28. The predicted molar refractivity (Wildman–Crippen MR) is 51.7 cm³/mol. The third-order valence-corrected chi connectivity index (χ3v) is 2.25. The predicted octanol–water partition coefficient (Wildman–Crippen LogP) is 1.27. The van der Waals surface area contributed by atoms with Gasteiger partial charge in [-0.2, -0.15) is 0 Å². The summed E-state index contributed by atoms with van der Waals surface area (Å²) in [5.41, 5.74) is 0. The lowest BCUT2D eigenvalue weighted by molar-refractivity contribution is -0.247. The first kappa shape index (κ1) is 11.9. The van der Waals surface area contributed by atoms with Crippen LogP contribution in [0.5, 0.6) is 0 Å². The highest BCUT2D eigenvalue weighted by molar-refractivity contribution is 4.78. The average Bonchev–Trinajstić information content (AvgIpc) is 2.44. The van der Waals surface area contributed by atoms with Crippen LogP contribution in [0.1, 0.15) is 33.6 Å². The Hall–Kier alpha value is -0.160. The van der Waals surface area contributed by atoms with Gasteiger partial charge in [0.25, 0.3) is 0 Å². The molecule has 1 aliphatic heterocycles. The molecule has 0 aliphatic carbocycles. The molecule has 1 rings (SSSR count). The highest BCUT2D eigenvalue weighted by atomic mass is 16.7. The summed E-state index contributed by atoms with van der Waals surface area (Å²) < 4.78 is 16.1. The minimum absolute atomic E-state index is 0.173. The van der Waals surface area contributed by atoms with Crippen LogP contribution in [0.25, 0.3) is 0 Å². The van der Waals surface area contributed by atoms with Gasteiger partial charge in [-0.25, -0.2) is 0 Å². The Morgan fingerprint density at radius 3 is 2.57 bits per heavy atom. The number of hydrogen-bond acceptors (Lipinski definition) is 4. The fraction of sp³-hybridized carbons (Fsp3) is 1.00. The van der Waals surface area contributed by atoms with E-state index < -0.39 is 5.79 Å². The molecule has 3 unspecified atom stereocenters. The second kappa shape index (κ2) is 4.57. The number of ether oxygens (including phenoxy) is 3. The van der Waals surface area contributed by atoms with Gasteiger partial charge in [0.2, 0.25) is 0 Å². The van der Waals surface area contributed by atoms with E-state index in [0.29, 0.717) is 0 Å². The molecule has 1 fully saturated rings. The molecule has 0 radical (unpaired) electrons. The zero-order valence-corrected chi connectivity index (χ0v) is 9.32. The second-order valence-corrected chi connectivity index (χ2v) is 4.11. The standard InChI is InChI=1S/C10H20O4/c1-5-7-6-8(9(12-4)13-7)14-10(2,3)11/h7-9,11H,5-6H2,1-4H3. The van der Waals surface area contributed by atoms with E-state index in [9.17, 15) is 5.11 Å². The monoisotopic (exact) mass is 204 g/mol. The van der Waals surface area contributed by atoms with Gasteiger partial charge >= 0.3 is 0 Å². The molecule has 0 bridgehead atoms. The van der Waals surface area contributed by atoms with E-state index in [0.717, 1.165) is 12.8 Å². The van der Waals surface area contributed by atoms with E-state index in [2.05, 4.69) is 6.92 Å². The maximum absolute atomic E-state index is 9.52. The Labute approximate surface area is 85.2 Å². The minimum atomic E-state index is -1.13. The molecule has 3 atom stereocenters.